The lowest BCUT2D eigenvalue weighted by atomic mass is 10.1. The molecular formula is C18H17FN2O3S. The highest BCUT2D eigenvalue weighted by Crippen LogP contribution is 2.23. The van der Waals surface area contributed by atoms with E-state index in [-0.39, 0.29) is 10.5 Å². The zero-order valence-electron chi connectivity index (χ0n) is 13.8. The Morgan fingerprint density at radius 1 is 1.16 bits per heavy atom. The van der Waals surface area contributed by atoms with Crippen molar-refractivity contribution < 1.29 is 17.6 Å². The molecule has 0 atom stereocenters. The van der Waals surface area contributed by atoms with E-state index in [1.165, 1.54) is 0 Å². The number of H-pyrrole nitrogens is 1. The number of halogens is 1. The normalized spacial score (nSPS) is 11.6. The summed E-state index contributed by atoms with van der Waals surface area (Å²) in [5, 5.41) is 0.878. The summed E-state index contributed by atoms with van der Waals surface area (Å²) in [6, 6.07) is 9.25. The topological polar surface area (TPSA) is 79.0 Å². The number of aromatic nitrogens is 1. The third-order valence-corrected chi connectivity index (χ3v) is 5.48. The number of carbonyl (C=O) groups is 1. The second-order valence-electron chi connectivity index (χ2n) is 5.73. The van der Waals surface area contributed by atoms with Gasteiger partial charge in [0.25, 0.3) is 15.9 Å². The second-order valence-corrected chi connectivity index (χ2v) is 7.41. The fourth-order valence-corrected chi connectivity index (χ4v) is 3.70. The van der Waals surface area contributed by atoms with Crippen molar-refractivity contribution in [3.8, 4) is 0 Å². The zero-order chi connectivity index (χ0) is 18.2. The first-order chi connectivity index (χ1) is 11.8. The second kappa shape index (κ2) is 6.33. The predicted molar refractivity (Wildman–Crippen MR) is 93.5 cm³/mol. The molecule has 0 radical (unpaired) electrons. The smallest absolute Gasteiger partial charge is 0.265 e. The molecule has 0 unspecified atom stereocenters. The van der Waals surface area contributed by atoms with Crippen molar-refractivity contribution in [2.75, 3.05) is 0 Å². The molecule has 0 spiro atoms. The highest BCUT2D eigenvalue weighted by Gasteiger charge is 2.19. The van der Waals surface area contributed by atoms with Crippen molar-refractivity contribution in [1.82, 2.24) is 9.71 Å². The average molecular weight is 360 g/mol. The van der Waals surface area contributed by atoms with Gasteiger partial charge in [-0.1, -0.05) is 6.92 Å². The number of aryl methyl sites for hydroxylation is 2. The highest BCUT2D eigenvalue weighted by atomic mass is 32.2. The van der Waals surface area contributed by atoms with Gasteiger partial charge in [-0.15, -0.1) is 0 Å². The molecular weight excluding hydrogens is 343 g/mol. The van der Waals surface area contributed by atoms with Crippen LogP contribution in [0.4, 0.5) is 4.39 Å². The van der Waals surface area contributed by atoms with Crippen LogP contribution < -0.4 is 4.72 Å². The Kier molecular flexibility index (Phi) is 4.34. The lowest BCUT2D eigenvalue weighted by Gasteiger charge is -2.07. The highest BCUT2D eigenvalue weighted by molar-refractivity contribution is 7.90. The van der Waals surface area contributed by atoms with Gasteiger partial charge < -0.3 is 4.98 Å². The molecule has 0 aliphatic rings. The minimum Gasteiger partial charge on any atom is -0.358 e. The number of sulfonamides is 1. The van der Waals surface area contributed by atoms with E-state index in [0.717, 1.165) is 52.8 Å². The molecule has 3 aromatic rings. The van der Waals surface area contributed by atoms with Crippen LogP contribution >= 0.6 is 0 Å². The Morgan fingerprint density at radius 2 is 1.84 bits per heavy atom. The largest absolute Gasteiger partial charge is 0.358 e. The standard InChI is InChI=1S/C18H17FN2O3S/c1-3-16-11(2)15-10-12(4-9-17(15)20-16)18(22)21-25(23,24)14-7-5-13(19)6-8-14/h4-10,20H,3H2,1-2H3,(H,21,22). The maximum absolute atomic E-state index is 12.9. The van der Waals surface area contributed by atoms with Crippen LogP contribution in [0.25, 0.3) is 10.9 Å². The summed E-state index contributed by atoms with van der Waals surface area (Å²) < 4.78 is 39.4. The van der Waals surface area contributed by atoms with Crippen molar-refractivity contribution in [3.63, 3.8) is 0 Å². The van der Waals surface area contributed by atoms with Crippen molar-refractivity contribution in [1.29, 1.82) is 0 Å². The number of carbonyl (C=O) groups excluding carboxylic acids is 1. The minimum atomic E-state index is -4.06. The quantitative estimate of drug-likeness (QED) is 0.749. The van der Waals surface area contributed by atoms with Crippen molar-refractivity contribution in [3.05, 3.63) is 65.1 Å². The van der Waals surface area contributed by atoms with Crippen LogP contribution in [0.1, 0.15) is 28.5 Å². The first kappa shape index (κ1) is 17.2. The lowest BCUT2D eigenvalue weighted by Crippen LogP contribution is -2.30. The predicted octanol–water partition coefficient (Wildman–Crippen LogP) is 3.30. The molecule has 0 bridgehead atoms. The maximum Gasteiger partial charge on any atom is 0.265 e. The van der Waals surface area contributed by atoms with E-state index in [4.69, 9.17) is 0 Å². The molecule has 2 N–H and O–H groups in total. The van der Waals surface area contributed by atoms with E-state index >= 15 is 0 Å². The zero-order valence-corrected chi connectivity index (χ0v) is 14.6. The van der Waals surface area contributed by atoms with Crippen molar-refractivity contribution in [2.24, 2.45) is 0 Å². The minimum absolute atomic E-state index is 0.172. The maximum atomic E-state index is 12.9. The molecule has 130 valence electrons. The van der Waals surface area contributed by atoms with Gasteiger partial charge in [0, 0.05) is 22.2 Å². The molecule has 5 nitrogen and oxygen atoms in total. The molecule has 0 aliphatic heterocycles. The van der Waals surface area contributed by atoms with Crippen LogP contribution in [0.5, 0.6) is 0 Å². The van der Waals surface area contributed by atoms with Crippen molar-refractivity contribution in [2.45, 2.75) is 25.2 Å². The fraction of sp³-hybridized carbons (Fsp3) is 0.167. The number of amides is 1. The Labute approximate surface area is 144 Å². The molecule has 0 saturated carbocycles. The number of aromatic amines is 1. The van der Waals surface area contributed by atoms with Gasteiger partial charge in [-0.05, 0) is 61.4 Å². The summed E-state index contributed by atoms with van der Waals surface area (Å²) >= 11 is 0. The van der Waals surface area contributed by atoms with Gasteiger partial charge in [-0.25, -0.2) is 17.5 Å². The van der Waals surface area contributed by atoms with Crippen LogP contribution in [-0.4, -0.2) is 19.3 Å². The average Bonchev–Trinajstić information content (AvgIpc) is 2.90. The van der Waals surface area contributed by atoms with E-state index < -0.39 is 21.7 Å². The molecule has 0 saturated heterocycles. The number of nitrogens with one attached hydrogen (secondary N) is 2. The van der Waals surface area contributed by atoms with Crippen LogP contribution in [0.2, 0.25) is 0 Å². The van der Waals surface area contributed by atoms with Crippen LogP contribution in [-0.2, 0) is 16.4 Å². The Balaban J connectivity index is 1.91. The van der Waals surface area contributed by atoms with E-state index in [0.29, 0.717) is 0 Å². The first-order valence-corrected chi connectivity index (χ1v) is 9.24. The van der Waals surface area contributed by atoms with Crippen LogP contribution in [0.15, 0.2) is 47.4 Å². The van der Waals surface area contributed by atoms with Gasteiger partial charge in [0.1, 0.15) is 5.82 Å². The van der Waals surface area contributed by atoms with Gasteiger partial charge in [-0.3, -0.25) is 4.79 Å². The summed E-state index contributed by atoms with van der Waals surface area (Å²) in [6.45, 7) is 3.98. The molecule has 1 amide bonds. The van der Waals surface area contributed by atoms with Gasteiger partial charge in [0.2, 0.25) is 0 Å². The third-order valence-electron chi connectivity index (χ3n) is 4.13. The Bertz CT molecular complexity index is 1050. The van der Waals surface area contributed by atoms with Gasteiger partial charge in [0.05, 0.1) is 4.90 Å². The molecule has 0 aliphatic carbocycles. The molecule has 3 rings (SSSR count). The SMILES string of the molecule is CCc1[nH]c2ccc(C(=O)NS(=O)(=O)c3ccc(F)cc3)cc2c1C. The molecule has 7 heteroatoms. The van der Waals surface area contributed by atoms with Crippen molar-refractivity contribution >= 4 is 26.8 Å². The van der Waals surface area contributed by atoms with E-state index in [1.807, 2.05) is 18.6 Å². The number of fused-ring (bicyclic) bond motifs is 1. The summed E-state index contributed by atoms with van der Waals surface area (Å²) in [7, 11) is -4.06. The summed E-state index contributed by atoms with van der Waals surface area (Å²) in [6.07, 6.45) is 0.834. The van der Waals surface area contributed by atoms with E-state index in [2.05, 4.69) is 4.98 Å². The molecule has 25 heavy (non-hydrogen) atoms. The molecule has 1 heterocycles. The molecule has 2 aromatic carbocycles. The number of rotatable bonds is 4. The monoisotopic (exact) mass is 360 g/mol. The van der Waals surface area contributed by atoms with Gasteiger partial charge in [0.15, 0.2) is 0 Å². The van der Waals surface area contributed by atoms with Crippen LogP contribution in [0.3, 0.4) is 0 Å². The van der Waals surface area contributed by atoms with Crippen LogP contribution in [0, 0.1) is 12.7 Å². The summed E-state index contributed by atoms with van der Waals surface area (Å²) in [5.74, 6) is -1.28. The van der Waals surface area contributed by atoms with Gasteiger partial charge in [-0.2, -0.15) is 0 Å². The number of hydrogen-bond donors (Lipinski definition) is 2. The van der Waals surface area contributed by atoms with Gasteiger partial charge >= 0.3 is 0 Å². The summed E-state index contributed by atoms with van der Waals surface area (Å²) in [5.41, 5.74) is 3.25. The van der Waals surface area contributed by atoms with E-state index in [1.54, 1.807) is 18.2 Å². The first-order valence-electron chi connectivity index (χ1n) is 7.75. The number of hydrogen-bond acceptors (Lipinski definition) is 3. The summed E-state index contributed by atoms with van der Waals surface area (Å²) in [4.78, 5) is 15.5. The Morgan fingerprint density at radius 3 is 2.48 bits per heavy atom. The molecule has 1 aromatic heterocycles. The molecule has 0 fully saturated rings. The number of benzene rings is 2. The van der Waals surface area contributed by atoms with E-state index in [9.17, 15) is 17.6 Å². The fourth-order valence-electron chi connectivity index (χ4n) is 2.73. The third kappa shape index (κ3) is 3.28. The lowest BCUT2D eigenvalue weighted by molar-refractivity contribution is 0.0981. The Hall–Kier alpha value is -2.67.